The summed E-state index contributed by atoms with van der Waals surface area (Å²) < 4.78 is 2.32. The van der Waals surface area contributed by atoms with Crippen LogP contribution in [-0.4, -0.2) is 17.7 Å². The van der Waals surface area contributed by atoms with Crippen molar-refractivity contribution in [1.82, 2.24) is 4.57 Å². The molecule has 0 aliphatic heterocycles. The van der Waals surface area contributed by atoms with Gasteiger partial charge in [0.05, 0.1) is 11.6 Å². The van der Waals surface area contributed by atoms with Gasteiger partial charge >= 0.3 is 0 Å². The lowest BCUT2D eigenvalue weighted by Gasteiger charge is -2.22. The quantitative estimate of drug-likeness (QED) is 0.111. The number of nitrogens with two attached hydrogens (primary N) is 2. The minimum Gasteiger partial charge on any atom is -0.399 e. The molecule has 3 aromatic carbocycles. The summed E-state index contributed by atoms with van der Waals surface area (Å²) in [5.74, 6) is 0. The van der Waals surface area contributed by atoms with E-state index in [-0.39, 0.29) is 13.5 Å². The van der Waals surface area contributed by atoms with E-state index >= 15 is 0 Å². The maximum Gasteiger partial charge on any atom is 0.0537 e. The molecule has 63 heavy (non-hydrogen) atoms. The van der Waals surface area contributed by atoms with Crippen molar-refractivity contribution in [2.45, 2.75) is 121 Å². The summed E-state index contributed by atoms with van der Waals surface area (Å²) in [5.41, 5.74) is 29.1. The van der Waals surface area contributed by atoms with Crippen LogP contribution in [-0.2, 0) is 12.8 Å². The zero-order chi connectivity index (χ0) is 46.0. The number of hydrogen-bond acceptors (Lipinski definition) is 3. The van der Waals surface area contributed by atoms with Crippen molar-refractivity contribution in [2.24, 2.45) is 11.5 Å². The predicted octanol–water partition coefficient (Wildman–Crippen LogP) is 16.5. The Bertz CT molecular complexity index is 2290. The molecule has 0 radical (unpaired) electrons. The highest BCUT2D eigenvalue weighted by atomic mass is 15.0. The average molecular weight is 847 g/mol. The maximum atomic E-state index is 6.36. The highest BCUT2D eigenvalue weighted by Crippen LogP contribution is 2.36. The largest absolute Gasteiger partial charge is 0.399 e. The molecule has 0 saturated carbocycles. The van der Waals surface area contributed by atoms with Gasteiger partial charge in [0.2, 0.25) is 0 Å². The number of aromatic nitrogens is 1. The van der Waals surface area contributed by atoms with Gasteiger partial charge < -0.3 is 21.4 Å². The van der Waals surface area contributed by atoms with Gasteiger partial charge in [-0.3, -0.25) is 0 Å². The zero-order valence-corrected chi connectivity index (χ0v) is 40.1. The van der Waals surface area contributed by atoms with Gasteiger partial charge in [-0.15, -0.1) is 0 Å². The molecule has 1 heterocycles. The van der Waals surface area contributed by atoms with Gasteiger partial charge in [-0.2, -0.15) is 0 Å². The van der Waals surface area contributed by atoms with E-state index in [0.717, 1.165) is 66.7 Å². The van der Waals surface area contributed by atoms with Gasteiger partial charge in [0.25, 0.3) is 0 Å². The highest BCUT2D eigenvalue weighted by molar-refractivity contribution is 5.94. The first kappa shape index (κ1) is 55.2. The molecule has 1 atom stereocenters. The van der Waals surface area contributed by atoms with E-state index in [4.69, 9.17) is 11.5 Å². The smallest absolute Gasteiger partial charge is 0.0537 e. The summed E-state index contributed by atoms with van der Waals surface area (Å²) in [6.07, 6.45) is 31.1. The van der Waals surface area contributed by atoms with Crippen molar-refractivity contribution < 1.29 is 0 Å². The van der Waals surface area contributed by atoms with E-state index in [2.05, 4.69) is 159 Å². The standard InChI is InChI=1S/C33H34N2.C19H26N2.3C2H6.CH4/c1-6-10-16-26(8-3)35-32-19-14-13-18-30(32)27(9-4)33(35)23-24-20-21-29(31(22-24)34-5)28-17-12-11-15-25(28)7-2;1-3-5-7-14(4-2)15-10-12-16(13-11-15)19(21)17-8-6-9-18(17)20;3*1-2;/h6,8-22,34H,3-4,7,23H2,1-2,5H3;4-5,7-10,12,19H,3,6,11,13,20-21H2,1-2H3;3*1-2H3;1H4/b10-6-,26-16+;7-5-,14-4+;;;;. The van der Waals surface area contributed by atoms with Crippen molar-refractivity contribution in [2.75, 3.05) is 12.4 Å². The normalized spacial score (nSPS) is 13.8. The lowest BCUT2D eigenvalue weighted by Crippen LogP contribution is -2.28. The molecule has 1 unspecified atom stereocenters. The molecule has 0 amide bonds. The number of aryl methyl sites for hydroxylation is 1. The third-order valence-corrected chi connectivity index (χ3v) is 10.7. The highest BCUT2D eigenvalue weighted by Gasteiger charge is 2.21. The zero-order valence-electron chi connectivity index (χ0n) is 40.1. The molecular weight excluding hydrogens is 765 g/mol. The Morgan fingerprint density at radius 2 is 1.57 bits per heavy atom. The number of anilines is 1. The SMILES string of the molecule is C.C/C=C(\C=C/CC)C1=CC=C(C(N)C2=CCC=C2N)CC1.C=C/C(=C\C=C/C)n1c(Cc2ccc(-c3ccccc3CC)c(NC)c2)c(C=C)c2ccccc21.CC.CC.CC. The molecular formula is C59H82N4. The maximum absolute atomic E-state index is 6.36. The van der Waals surface area contributed by atoms with Crippen molar-refractivity contribution in [3.63, 3.8) is 0 Å². The van der Waals surface area contributed by atoms with Crippen LogP contribution in [0.2, 0.25) is 0 Å². The van der Waals surface area contributed by atoms with Gasteiger partial charge in [0, 0.05) is 52.8 Å². The molecule has 0 bridgehead atoms. The Balaban J connectivity index is 0.000000608. The topological polar surface area (TPSA) is 69.0 Å². The molecule has 6 rings (SSSR count). The van der Waals surface area contributed by atoms with E-state index < -0.39 is 0 Å². The van der Waals surface area contributed by atoms with Crippen LogP contribution in [0.4, 0.5) is 5.69 Å². The Morgan fingerprint density at radius 3 is 2.14 bits per heavy atom. The van der Waals surface area contributed by atoms with Crippen molar-refractivity contribution >= 4 is 28.4 Å². The van der Waals surface area contributed by atoms with Gasteiger partial charge in [-0.25, -0.2) is 0 Å². The Hall–Kier alpha value is -5.84. The molecule has 4 heteroatoms. The molecule has 4 nitrogen and oxygen atoms in total. The molecule has 0 spiro atoms. The van der Waals surface area contributed by atoms with Crippen LogP contribution >= 0.6 is 0 Å². The number of fused-ring (bicyclic) bond motifs is 1. The summed E-state index contributed by atoms with van der Waals surface area (Å²) in [4.78, 5) is 0. The Labute approximate surface area is 384 Å². The molecule has 4 aromatic rings. The number of allylic oxidation sites excluding steroid dienone is 14. The molecule has 1 aromatic heterocycles. The van der Waals surface area contributed by atoms with Crippen molar-refractivity contribution in [3.8, 4) is 11.1 Å². The van der Waals surface area contributed by atoms with Crippen LogP contribution in [0, 0.1) is 0 Å². The second-order valence-corrected chi connectivity index (χ2v) is 14.1. The van der Waals surface area contributed by atoms with Crippen molar-refractivity contribution in [3.05, 3.63) is 197 Å². The average Bonchev–Trinajstić information content (AvgIpc) is 3.91. The summed E-state index contributed by atoms with van der Waals surface area (Å²) >= 11 is 0. The van der Waals surface area contributed by atoms with Gasteiger partial charge in [-0.05, 0) is 109 Å². The Morgan fingerprint density at radius 1 is 0.873 bits per heavy atom. The van der Waals surface area contributed by atoms with Gasteiger partial charge in [0.1, 0.15) is 0 Å². The van der Waals surface area contributed by atoms with Crippen molar-refractivity contribution in [1.29, 1.82) is 0 Å². The monoisotopic (exact) mass is 847 g/mol. The third kappa shape index (κ3) is 14.3. The molecule has 2 aliphatic carbocycles. The first-order valence-corrected chi connectivity index (χ1v) is 23.1. The second-order valence-electron chi connectivity index (χ2n) is 14.1. The molecule has 0 saturated heterocycles. The van der Waals surface area contributed by atoms with E-state index in [1.165, 1.54) is 55.6 Å². The number of rotatable bonds is 14. The van der Waals surface area contributed by atoms with Crippen LogP contribution in [0.1, 0.15) is 125 Å². The van der Waals surface area contributed by atoms with E-state index in [1.54, 1.807) is 0 Å². The van der Waals surface area contributed by atoms with Crippen LogP contribution in [0.25, 0.3) is 33.8 Å². The fourth-order valence-corrected chi connectivity index (χ4v) is 7.71. The molecule has 338 valence electrons. The number of nitrogens with zero attached hydrogens (tertiary/aromatic N) is 1. The molecule has 2 aliphatic rings. The van der Waals surface area contributed by atoms with Crippen LogP contribution in [0.15, 0.2) is 175 Å². The third-order valence-electron chi connectivity index (χ3n) is 10.7. The number of hydrogen-bond donors (Lipinski definition) is 3. The minimum atomic E-state index is -0.0539. The summed E-state index contributed by atoms with van der Waals surface area (Å²) in [6.45, 7) is 28.8. The first-order chi connectivity index (χ1) is 30.3. The fourth-order valence-electron chi connectivity index (χ4n) is 7.71. The number of nitrogens with one attached hydrogen (secondary N) is 1. The van der Waals surface area contributed by atoms with Crippen LogP contribution in [0.5, 0.6) is 0 Å². The summed E-state index contributed by atoms with van der Waals surface area (Å²) in [5, 5.41) is 4.64. The Kier molecular flexibility index (Phi) is 26.5. The predicted molar refractivity (Wildman–Crippen MR) is 287 cm³/mol. The van der Waals surface area contributed by atoms with E-state index in [0.29, 0.717) is 0 Å². The van der Waals surface area contributed by atoms with E-state index in [1.807, 2.05) is 79.8 Å². The minimum absolute atomic E-state index is 0. The number of para-hydroxylation sites is 1. The molecule has 5 N–H and O–H groups in total. The van der Waals surface area contributed by atoms with E-state index in [9.17, 15) is 0 Å². The lowest BCUT2D eigenvalue weighted by atomic mass is 9.87. The van der Waals surface area contributed by atoms with Crippen LogP contribution in [0.3, 0.4) is 0 Å². The molecule has 0 fully saturated rings. The van der Waals surface area contributed by atoms with Crippen LogP contribution < -0.4 is 16.8 Å². The first-order valence-electron chi connectivity index (χ1n) is 23.1. The summed E-state index contributed by atoms with van der Waals surface area (Å²) in [6, 6.07) is 23.9. The lowest BCUT2D eigenvalue weighted by molar-refractivity contribution is 0.791. The summed E-state index contributed by atoms with van der Waals surface area (Å²) in [7, 11) is 2.00. The van der Waals surface area contributed by atoms with Gasteiger partial charge in [-0.1, -0.05) is 191 Å². The fraction of sp³-hybridized carbons (Fsp3) is 0.322. The second kappa shape index (κ2) is 30.2. The number of benzene rings is 3. The van der Waals surface area contributed by atoms with Gasteiger partial charge in [0.15, 0.2) is 0 Å².